The van der Waals surface area contributed by atoms with Crippen molar-refractivity contribution in [3.8, 4) is 11.4 Å². The summed E-state index contributed by atoms with van der Waals surface area (Å²) >= 11 is 4.39. The van der Waals surface area contributed by atoms with Gasteiger partial charge in [-0.3, -0.25) is 9.36 Å². The molecule has 160 valence electrons. The first-order valence-corrected chi connectivity index (χ1v) is 12.2. The molecule has 3 aromatic rings. The lowest BCUT2D eigenvalue weighted by Gasteiger charge is -2.13. The fourth-order valence-corrected chi connectivity index (χ4v) is 5.41. The van der Waals surface area contributed by atoms with Gasteiger partial charge in [0.2, 0.25) is 5.91 Å². The van der Waals surface area contributed by atoms with Crippen LogP contribution in [-0.4, -0.2) is 39.5 Å². The van der Waals surface area contributed by atoms with Crippen molar-refractivity contribution in [1.82, 2.24) is 14.8 Å². The number of thioether (sulfide) groups is 1. The Bertz CT molecular complexity index is 1050. The van der Waals surface area contributed by atoms with E-state index in [1.165, 1.54) is 35.1 Å². The average Bonchev–Trinajstić information content (AvgIpc) is 3.43. The minimum atomic E-state index is -0.454. The number of hydrogen-bond donors (Lipinski definition) is 1. The molecule has 1 N–H and O–H groups in total. The maximum atomic E-state index is 12.6. The molecule has 0 bridgehead atoms. The number of thiophene rings is 2. The van der Waals surface area contributed by atoms with Crippen molar-refractivity contribution < 1.29 is 14.3 Å². The Morgan fingerprint density at radius 3 is 2.67 bits per heavy atom. The zero-order valence-electron chi connectivity index (χ0n) is 17.5. The van der Waals surface area contributed by atoms with Crippen molar-refractivity contribution in [2.24, 2.45) is 0 Å². The zero-order valence-corrected chi connectivity index (χ0v) is 20.0. The third kappa shape index (κ3) is 4.93. The first kappa shape index (κ1) is 22.5. The number of aryl methyl sites for hydroxylation is 2. The van der Waals surface area contributed by atoms with Crippen LogP contribution in [0, 0.1) is 6.92 Å². The highest BCUT2D eigenvalue weighted by molar-refractivity contribution is 7.99. The standard InChI is InChI=1S/C20H24N4O3S3/c1-6-14-8-15(19(26)27-5)18(30-14)21-16(25)10-29-20-23-22-17(24(20)11(2)3)13-7-12(4)28-9-13/h7-9,11H,6,10H2,1-5H3,(H,21,25). The highest BCUT2D eigenvalue weighted by Gasteiger charge is 2.21. The zero-order chi connectivity index (χ0) is 21.8. The summed E-state index contributed by atoms with van der Waals surface area (Å²) in [4.78, 5) is 26.8. The molecule has 3 heterocycles. The van der Waals surface area contributed by atoms with Gasteiger partial charge in [0.1, 0.15) is 5.00 Å². The van der Waals surface area contributed by atoms with Crippen molar-refractivity contribution in [2.75, 3.05) is 18.2 Å². The lowest BCUT2D eigenvalue weighted by atomic mass is 10.2. The summed E-state index contributed by atoms with van der Waals surface area (Å²) in [5.74, 6) is 0.300. The lowest BCUT2D eigenvalue weighted by molar-refractivity contribution is -0.113. The summed E-state index contributed by atoms with van der Waals surface area (Å²) in [6.07, 6.45) is 0.779. The molecule has 0 aromatic carbocycles. The molecule has 0 aliphatic carbocycles. The SMILES string of the molecule is CCc1cc(C(=O)OC)c(NC(=O)CSc2nnc(-c3csc(C)c3)n2C(C)C)s1. The predicted octanol–water partition coefficient (Wildman–Crippen LogP) is 5.04. The van der Waals surface area contributed by atoms with Crippen LogP contribution < -0.4 is 5.32 Å². The second-order valence-electron chi connectivity index (χ2n) is 6.85. The van der Waals surface area contributed by atoms with E-state index in [2.05, 4.69) is 47.7 Å². The molecule has 7 nitrogen and oxygen atoms in total. The van der Waals surface area contributed by atoms with Crippen LogP contribution in [0.1, 0.15) is 46.9 Å². The number of esters is 1. The van der Waals surface area contributed by atoms with Crippen molar-refractivity contribution in [2.45, 2.75) is 45.3 Å². The van der Waals surface area contributed by atoms with Gasteiger partial charge in [0.05, 0.1) is 18.4 Å². The Kier molecular flexibility index (Phi) is 7.32. The van der Waals surface area contributed by atoms with Gasteiger partial charge in [-0.15, -0.1) is 32.9 Å². The summed E-state index contributed by atoms with van der Waals surface area (Å²) in [6.45, 7) is 8.19. The van der Waals surface area contributed by atoms with Crippen LogP contribution in [0.15, 0.2) is 22.7 Å². The Labute approximate surface area is 187 Å². The van der Waals surface area contributed by atoms with E-state index in [1.807, 2.05) is 11.5 Å². The number of methoxy groups -OCH3 is 1. The van der Waals surface area contributed by atoms with Gasteiger partial charge < -0.3 is 10.1 Å². The van der Waals surface area contributed by atoms with Gasteiger partial charge in [-0.25, -0.2) is 4.79 Å². The second kappa shape index (κ2) is 9.76. The van der Waals surface area contributed by atoms with Crippen LogP contribution in [0.3, 0.4) is 0 Å². The highest BCUT2D eigenvalue weighted by atomic mass is 32.2. The maximum Gasteiger partial charge on any atom is 0.340 e. The van der Waals surface area contributed by atoms with Gasteiger partial charge in [0.15, 0.2) is 11.0 Å². The Balaban J connectivity index is 1.73. The van der Waals surface area contributed by atoms with E-state index in [9.17, 15) is 9.59 Å². The van der Waals surface area contributed by atoms with Crippen LogP contribution in [0.5, 0.6) is 0 Å². The number of carbonyl (C=O) groups excluding carboxylic acids is 2. The first-order chi connectivity index (χ1) is 14.3. The molecule has 3 aromatic heterocycles. The second-order valence-corrected chi connectivity index (χ2v) is 10.0. The van der Waals surface area contributed by atoms with E-state index in [1.54, 1.807) is 17.4 Å². The maximum absolute atomic E-state index is 12.6. The van der Waals surface area contributed by atoms with Gasteiger partial charge in [0, 0.05) is 26.7 Å². The molecule has 0 spiro atoms. The summed E-state index contributed by atoms with van der Waals surface area (Å²) in [6, 6.07) is 4.01. The molecule has 0 aliphatic heterocycles. The van der Waals surface area contributed by atoms with Crippen molar-refractivity contribution in [3.05, 3.63) is 32.8 Å². The largest absolute Gasteiger partial charge is 0.465 e. The van der Waals surface area contributed by atoms with E-state index >= 15 is 0 Å². The molecule has 0 aliphatic rings. The summed E-state index contributed by atoms with van der Waals surface area (Å²) in [7, 11) is 1.33. The fraction of sp³-hybridized carbons (Fsp3) is 0.400. The molecule has 0 radical (unpaired) electrons. The van der Waals surface area contributed by atoms with Crippen LogP contribution in [0.2, 0.25) is 0 Å². The number of anilines is 1. The molecule has 10 heteroatoms. The smallest absolute Gasteiger partial charge is 0.340 e. The van der Waals surface area contributed by atoms with E-state index in [0.29, 0.717) is 15.7 Å². The monoisotopic (exact) mass is 464 g/mol. The summed E-state index contributed by atoms with van der Waals surface area (Å²) in [5, 5.41) is 14.8. The van der Waals surface area contributed by atoms with Gasteiger partial charge in [-0.05, 0) is 39.3 Å². The normalized spacial score (nSPS) is 11.1. The van der Waals surface area contributed by atoms with Gasteiger partial charge in [-0.1, -0.05) is 18.7 Å². The number of rotatable bonds is 8. The Hall–Kier alpha value is -2.17. The number of aromatic nitrogens is 3. The average molecular weight is 465 g/mol. The molecule has 0 atom stereocenters. The predicted molar refractivity (Wildman–Crippen MR) is 123 cm³/mol. The summed E-state index contributed by atoms with van der Waals surface area (Å²) in [5.41, 5.74) is 1.42. The minimum absolute atomic E-state index is 0.149. The molecule has 1 amide bonds. The minimum Gasteiger partial charge on any atom is -0.465 e. The number of amides is 1. The molecule has 3 rings (SSSR count). The van der Waals surface area contributed by atoms with Crippen molar-refractivity contribution >= 4 is 51.3 Å². The Morgan fingerprint density at radius 2 is 2.07 bits per heavy atom. The summed E-state index contributed by atoms with van der Waals surface area (Å²) < 4.78 is 6.87. The van der Waals surface area contributed by atoms with Crippen molar-refractivity contribution in [1.29, 1.82) is 0 Å². The molecular weight excluding hydrogens is 440 g/mol. The number of carbonyl (C=O) groups is 2. The molecule has 0 unspecified atom stereocenters. The molecule has 0 saturated carbocycles. The van der Waals surface area contributed by atoms with E-state index in [-0.39, 0.29) is 17.7 Å². The third-order valence-electron chi connectivity index (χ3n) is 4.29. The highest BCUT2D eigenvalue weighted by Crippen LogP contribution is 2.32. The number of nitrogens with zero attached hydrogens (tertiary/aromatic N) is 3. The lowest BCUT2D eigenvalue weighted by Crippen LogP contribution is -2.16. The fourth-order valence-electron chi connectivity index (χ4n) is 2.86. The number of hydrogen-bond acceptors (Lipinski definition) is 8. The molecule has 30 heavy (non-hydrogen) atoms. The Morgan fingerprint density at radius 1 is 1.30 bits per heavy atom. The van der Waals surface area contributed by atoms with Gasteiger partial charge in [0.25, 0.3) is 0 Å². The molecule has 0 saturated heterocycles. The topological polar surface area (TPSA) is 86.1 Å². The quantitative estimate of drug-likeness (QED) is 0.371. The van der Waals surface area contributed by atoms with Gasteiger partial charge >= 0.3 is 5.97 Å². The van der Waals surface area contributed by atoms with Crippen LogP contribution in [-0.2, 0) is 16.0 Å². The van der Waals surface area contributed by atoms with Crippen LogP contribution in [0.4, 0.5) is 5.00 Å². The number of ether oxygens (including phenoxy) is 1. The molecular formula is C20H24N4O3S3. The van der Waals surface area contributed by atoms with E-state index in [4.69, 9.17) is 4.74 Å². The van der Waals surface area contributed by atoms with Crippen molar-refractivity contribution in [3.63, 3.8) is 0 Å². The van der Waals surface area contributed by atoms with E-state index < -0.39 is 5.97 Å². The van der Waals surface area contributed by atoms with E-state index in [0.717, 1.165) is 22.7 Å². The van der Waals surface area contributed by atoms with Crippen LogP contribution in [0.25, 0.3) is 11.4 Å². The van der Waals surface area contributed by atoms with Gasteiger partial charge in [-0.2, -0.15) is 0 Å². The number of nitrogens with one attached hydrogen (secondary N) is 1. The third-order valence-corrected chi connectivity index (χ3v) is 7.29. The van der Waals surface area contributed by atoms with Crippen LogP contribution >= 0.6 is 34.4 Å². The first-order valence-electron chi connectivity index (χ1n) is 9.48. The molecule has 0 fully saturated rings.